The zero-order chi connectivity index (χ0) is 28.6. The fourth-order valence-corrected chi connectivity index (χ4v) is 6.65. The summed E-state index contributed by atoms with van der Waals surface area (Å²) in [5.74, 6) is -0.645. The zero-order valence-electron chi connectivity index (χ0n) is 23.5. The highest BCUT2D eigenvalue weighted by molar-refractivity contribution is 5.90. The van der Waals surface area contributed by atoms with Crippen LogP contribution in [0.3, 0.4) is 0 Å². The van der Waals surface area contributed by atoms with Crippen LogP contribution in [0.25, 0.3) is 11.1 Å². The molecule has 3 aliphatic rings. The standard InChI is InChI=1S/C34H37N3O4/c1-34(15-5-6-16-34)36-33(41)37-17-14-27-26(23-10-7-11-24(18-23)32(39)40)13-12-25(30(27)21-37)20-35-31(38)29-19-28(29)22-8-3-2-4-9-22/h2-4,7-13,18,28-29H,5-6,14-17,19-21H2,1H3,(H,35,38)(H,36,41)(H,39,40). The average Bonchev–Trinajstić information content (AvgIpc) is 3.69. The number of aromatic carboxylic acids is 1. The Hall–Kier alpha value is -4.13. The number of carbonyl (C=O) groups excluding carboxylic acids is 2. The molecule has 2 saturated carbocycles. The summed E-state index contributed by atoms with van der Waals surface area (Å²) >= 11 is 0. The van der Waals surface area contributed by atoms with Crippen LogP contribution < -0.4 is 10.6 Å². The Morgan fingerprint density at radius 3 is 2.51 bits per heavy atom. The van der Waals surface area contributed by atoms with E-state index in [1.54, 1.807) is 18.2 Å². The van der Waals surface area contributed by atoms with Gasteiger partial charge in [-0.25, -0.2) is 9.59 Å². The van der Waals surface area contributed by atoms with E-state index in [1.807, 2.05) is 41.3 Å². The molecule has 3 N–H and O–H groups in total. The smallest absolute Gasteiger partial charge is 0.335 e. The van der Waals surface area contributed by atoms with E-state index in [0.717, 1.165) is 59.9 Å². The molecule has 2 atom stereocenters. The molecule has 3 aromatic carbocycles. The minimum atomic E-state index is -0.961. The monoisotopic (exact) mass is 551 g/mol. The molecule has 3 aromatic rings. The number of carboxylic acids is 1. The van der Waals surface area contributed by atoms with Crippen LogP contribution in [0.1, 0.15) is 77.6 Å². The van der Waals surface area contributed by atoms with Crippen molar-refractivity contribution in [2.75, 3.05) is 6.54 Å². The van der Waals surface area contributed by atoms with E-state index in [1.165, 1.54) is 5.56 Å². The van der Waals surface area contributed by atoms with E-state index in [4.69, 9.17) is 0 Å². The van der Waals surface area contributed by atoms with Gasteiger partial charge in [-0.2, -0.15) is 0 Å². The first-order valence-corrected chi connectivity index (χ1v) is 14.7. The van der Waals surface area contributed by atoms with Gasteiger partial charge in [0.2, 0.25) is 5.91 Å². The lowest BCUT2D eigenvalue weighted by atomic mass is 9.87. The van der Waals surface area contributed by atoms with Crippen molar-refractivity contribution in [2.24, 2.45) is 5.92 Å². The minimum Gasteiger partial charge on any atom is -0.478 e. The van der Waals surface area contributed by atoms with E-state index in [2.05, 4.69) is 29.7 Å². The summed E-state index contributed by atoms with van der Waals surface area (Å²) in [6.07, 6.45) is 5.78. The van der Waals surface area contributed by atoms with Crippen molar-refractivity contribution >= 4 is 17.9 Å². The average molecular weight is 552 g/mol. The lowest BCUT2D eigenvalue weighted by Gasteiger charge is -2.35. The second-order valence-corrected chi connectivity index (χ2v) is 12.1. The fourth-order valence-electron chi connectivity index (χ4n) is 6.65. The van der Waals surface area contributed by atoms with Crippen molar-refractivity contribution in [2.45, 2.75) is 70.0 Å². The molecule has 0 radical (unpaired) electrons. The first kappa shape index (κ1) is 27.1. The second-order valence-electron chi connectivity index (χ2n) is 12.1. The number of urea groups is 1. The molecule has 2 unspecified atom stereocenters. The quantitative estimate of drug-likeness (QED) is 0.342. The maximum absolute atomic E-state index is 13.4. The number of rotatable bonds is 7. The third kappa shape index (κ3) is 5.71. The fraction of sp³-hybridized carbons (Fsp3) is 0.382. The third-order valence-corrected chi connectivity index (χ3v) is 9.14. The molecule has 3 amide bonds. The Kier molecular flexibility index (Phi) is 7.28. The van der Waals surface area contributed by atoms with Gasteiger partial charge in [-0.1, -0.05) is 67.4 Å². The summed E-state index contributed by atoms with van der Waals surface area (Å²) < 4.78 is 0. The van der Waals surface area contributed by atoms with Crippen molar-refractivity contribution in [3.63, 3.8) is 0 Å². The number of amides is 3. The van der Waals surface area contributed by atoms with Crippen LogP contribution in [0.4, 0.5) is 4.79 Å². The molecule has 7 heteroatoms. The van der Waals surface area contributed by atoms with Gasteiger partial charge in [-0.15, -0.1) is 0 Å². The van der Waals surface area contributed by atoms with Crippen molar-refractivity contribution in [3.05, 3.63) is 94.5 Å². The van der Waals surface area contributed by atoms with E-state index < -0.39 is 5.97 Å². The molecular weight excluding hydrogens is 514 g/mol. The molecule has 7 nitrogen and oxygen atoms in total. The first-order chi connectivity index (χ1) is 19.8. The predicted octanol–water partition coefficient (Wildman–Crippen LogP) is 5.87. The molecule has 2 fully saturated rings. The topological polar surface area (TPSA) is 98.7 Å². The number of carboxylic acid groups (broad SMARTS) is 1. The van der Waals surface area contributed by atoms with E-state index in [0.29, 0.717) is 26.1 Å². The minimum absolute atomic E-state index is 0.0133. The van der Waals surface area contributed by atoms with E-state index in [9.17, 15) is 19.5 Å². The van der Waals surface area contributed by atoms with Gasteiger partial charge in [0.1, 0.15) is 0 Å². The van der Waals surface area contributed by atoms with Crippen LogP contribution in [0, 0.1) is 5.92 Å². The van der Waals surface area contributed by atoms with Gasteiger partial charge in [0.15, 0.2) is 0 Å². The van der Waals surface area contributed by atoms with Crippen LogP contribution in [0.15, 0.2) is 66.7 Å². The molecule has 0 saturated heterocycles. The van der Waals surface area contributed by atoms with E-state index in [-0.39, 0.29) is 34.9 Å². The van der Waals surface area contributed by atoms with Crippen molar-refractivity contribution in [1.82, 2.24) is 15.5 Å². The van der Waals surface area contributed by atoms with Gasteiger partial charge >= 0.3 is 12.0 Å². The summed E-state index contributed by atoms with van der Waals surface area (Å²) in [5, 5.41) is 16.0. The Labute approximate surface area is 241 Å². The highest BCUT2D eigenvalue weighted by Gasteiger charge is 2.43. The van der Waals surface area contributed by atoms with Crippen LogP contribution in [0.5, 0.6) is 0 Å². The molecule has 2 aliphatic carbocycles. The van der Waals surface area contributed by atoms with Crippen LogP contribution in [-0.4, -0.2) is 40.0 Å². The Bertz CT molecular complexity index is 1480. The SMILES string of the molecule is CC1(NC(=O)N2CCc3c(-c4cccc(C(=O)O)c4)ccc(CNC(=O)C4CC4c4ccccc4)c3C2)CCCC1. The number of hydrogen-bond acceptors (Lipinski definition) is 3. The van der Waals surface area contributed by atoms with Gasteiger partial charge in [-0.05, 0) is 84.0 Å². The van der Waals surface area contributed by atoms with Crippen LogP contribution >= 0.6 is 0 Å². The van der Waals surface area contributed by atoms with Crippen LogP contribution in [0.2, 0.25) is 0 Å². The summed E-state index contributed by atoms with van der Waals surface area (Å²) in [5.41, 5.74) is 6.26. The predicted molar refractivity (Wildman–Crippen MR) is 157 cm³/mol. The summed E-state index contributed by atoms with van der Waals surface area (Å²) in [7, 11) is 0. The number of carbonyl (C=O) groups is 3. The van der Waals surface area contributed by atoms with Crippen molar-refractivity contribution < 1.29 is 19.5 Å². The number of nitrogens with zero attached hydrogens (tertiary/aromatic N) is 1. The summed E-state index contributed by atoms with van der Waals surface area (Å²) in [4.78, 5) is 40.0. The Morgan fingerprint density at radius 1 is 0.976 bits per heavy atom. The highest BCUT2D eigenvalue weighted by atomic mass is 16.4. The van der Waals surface area contributed by atoms with Gasteiger partial charge < -0.3 is 20.6 Å². The maximum atomic E-state index is 13.4. The van der Waals surface area contributed by atoms with Crippen LogP contribution in [-0.2, 0) is 24.3 Å². The molecule has 0 spiro atoms. The summed E-state index contributed by atoms with van der Waals surface area (Å²) in [6.45, 7) is 3.55. The van der Waals surface area contributed by atoms with Gasteiger partial charge in [0.05, 0.1) is 5.56 Å². The largest absolute Gasteiger partial charge is 0.478 e. The molecular formula is C34H37N3O4. The molecule has 1 heterocycles. The lowest BCUT2D eigenvalue weighted by Crippen LogP contribution is -2.51. The second kappa shape index (κ2) is 11.0. The Balaban J connectivity index is 1.24. The molecule has 212 valence electrons. The molecule has 6 rings (SSSR count). The highest BCUT2D eigenvalue weighted by Crippen LogP contribution is 2.47. The van der Waals surface area contributed by atoms with Crippen molar-refractivity contribution in [1.29, 1.82) is 0 Å². The number of benzene rings is 3. The first-order valence-electron chi connectivity index (χ1n) is 14.7. The molecule has 1 aliphatic heterocycles. The number of nitrogens with one attached hydrogen (secondary N) is 2. The van der Waals surface area contributed by atoms with Crippen molar-refractivity contribution in [3.8, 4) is 11.1 Å². The van der Waals surface area contributed by atoms with Gasteiger partial charge in [0, 0.05) is 31.1 Å². The Morgan fingerprint density at radius 2 is 1.76 bits per heavy atom. The number of hydrogen-bond donors (Lipinski definition) is 3. The normalized spacial score (nSPS) is 20.7. The molecule has 41 heavy (non-hydrogen) atoms. The lowest BCUT2D eigenvalue weighted by molar-refractivity contribution is -0.122. The number of fused-ring (bicyclic) bond motifs is 1. The zero-order valence-corrected chi connectivity index (χ0v) is 23.5. The van der Waals surface area contributed by atoms with Gasteiger partial charge in [-0.3, -0.25) is 4.79 Å². The maximum Gasteiger partial charge on any atom is 0.335 e. The van der Waals surface area contributed by atoms with E-state index >= 15 is 0 Å². The molecule has 0 bridgehead atoms. The molecule has 0 aromatic heterocycles. The van der Waals surface area contributed by atoms with Gasteiger partial charge in [0.25, 0.3) is 0 Å². The third-order valence-electron chi connectivity index (χ3n) is 9.14. The summed E-state index contributed by atoms with van der Waals surface area (Å²) in [6, 6.07) is 21.2.